The van der Waals surface area contributed by atoms with E-state index in [4.69, 9.17) is 0 Å². The van der Waals surface area contributed by atoms with Gasteiger partial charge in [-0.25, -0.2) is 0 Å². The lowest BCUT2D eigenvalue weighted by atomic mass is 10.1. The maximum atomic E-state index is 3.33. The van der Waals surface area contributed by atoms with Gasteiger partial charge in [0, 0.05) is 51.4 Å². The van der Waals surface area contributed by atoms with Gasteiger partial charge in [-0.05, 0) is 41.4 Å². The van der Waals surface area contributed by atoms with Gasteiger partial charge in [0.2, 0.25) is 0 Å². The first-order chi connectivity index (χ1) is 8.52. The van der Waals surface area contributed by atoms with Gasteiger partial charge in [0.1, 0.15) is 0 Å². The Balaban J connectivity index is 2.21. The molecule has 0 aromatic heterocycles. The van der Waals surface area contributed by atoms with Crippen molar-refractivity contribution in [1.29, 1.82) is 0 Å². The third-order valence-corrected chi connectivity index (χ3v) is 4.08. The molecule has 0 bridgehead atoms. The summed E-state index contributed by atoms with van der Waals surface area (Å²) in [6, 6.07) is 1.32. The molecule has 1 aliphatic heterocycles. The summed E-state index contributed by atoms with van der Waals surface area (Å²) in [6.45, 7) is 11.9. The van der Waals surface area contributed by atoms with Crippen LogP contribution in [0, 0.1) is 0 Å². The summed E-state index contributed by atoms with van der Waals surface area (Å²) in [6.07, 6.45) is 1.24. The molecule has 2 atom stereocenters. The van der Waals surface area contributed by atoms with E-state index in [1.54, 1.807) is 0 Å². The van der Waals surface area contributed by atoms with Crippen LogP contribution in [0.5, 0.6) is 0 Å². The number of nitrogens with zero attached hydrogens (tertiary/aromatic N) is 3. The van der Waals surface area contributed by atoms with E-state index < -0.39 is 0 Å². The Morgan fingerprint density at radius 3 is 2.22 bits per heavy atom. The van der Waals surface area contributed by atoms with Crippen molar-refractivity contribution >= 4 is 0 Å². The molecule has 108 valence electrons. The van der Waals surface area contributed by atoms with Gasteiger partial charge in [-0.15, -0.1) is 0 Å². The molecule has 4 heteroatoms. The molecular formula is C14H32N4. The molecular weight excluding hydrogens is 224 g/mol. The van der Waals surface area contributed by atoms with Crippen LogP contribution < -0.4 is 5.32 Å². The fraction of sp³-hybridized carbons (Fsp3) is 1.00. The number of hydrogen-bond acceptors (Lipinski definition) is 4. The largest absolute Gasteiger partial charge is 0.317 e. The van der Waals surface area contributed by atoms with Crippen LogP contribution in [-0.2, 0) is 0 Å². The van der Waals surface area contributed by atoms with Crippen LogP contribution in [-0.4, -0.2) is 87.2 Å². The second kappa shape index (κ2) is 8.10. The lowest BCUT2D eigenvalue weighted by molar-refractivity contribution is 0.0912. The first kappa shape index (κ1) is 15.9. The topological polar surface area (TPSA) is 21.8 Å². The van der Waals surface area contributed by atoms with E-state index in [9.17, 15) is 0 Å². The zero-order valence-corrected chi connectivity index (χ0v) is 12.9. The molecule has 1 saturated heterocycles. The molecule has 1 fully saturated rings. The van der Waals surface area contributed by atoms with Gasteiger partial charge in [0.15, 0.2) is 0 Å². The van der Waals surface area contributed by atoms with Crippen LogP contribution in [0.1, 0.15) is 20.3 Å². The minimum atomic E-state index is 0.617. The van der Waals surface area contributed by atoms with Crippen LogP contribution in [0.15, 0.2) is 0 Å². The maximum Gasteiger partial charge on any atom is 0.0113 e. The second-order valence-corrected chi connectivity index (χ2v) is 5.96. The molecule has 0 aliphatic carbocycles. The highest BCUT2D eigenvalue weighted by Crippen LogP contribution is 2.10. The number of rotatable bonds is 7. The highest BCUT2D eigenvalue weighted by molar-refractivity contribution is 4.78. The van der Waals surface area contributed by atoms with Crippen LogP contribution in [0.25, 0.3) is 0 Å². The minimum Gasteiger partial charge on any atom is -0.317 e. The third-order valence-electron chi connectivity index (χ3n) is 4.08. The number of likely N-dealkylation sites (N-methyl/N-ethyl adjacent to an activating group) is 1. The van der Waals surface area contributed by atoms with Crippen molar-refractivity contribution in [3.63, 3.8) is 0 Å². The van der Waals surface area contributed by atoms with Gasteiger partial charge in [-0.2, -0.15) is 0 Å². The van der Waals surface area contributed by atoms with Gasteiger partial charge in [0.25, 0.3) is 0 Å². The molecule has 0 spiro atoms. The van der Waals surface area contributed by atoms with Gasteiger partial charge in [-0.3, -0.25) is 9.80 Å². The summed E-state index contributed by atoms with van der Waals surface area (Å²) in [7, 11) is 6.35. The smallest absolute Gasteiger partial charge is 0.0113 e. The number of nitrogens with one attached hydrogen (secondary N) is 1. The molecule has 1 aliphatic rings. The van der Waals surface area contributed by atoms with E-state index in [1.807, 2.05) is 0 Å². The SMILES string of the molecule is CNC(C)CC(C)N1CCN(CCN(C)C)CC1. The molecule has 0 saturated carbocycles. The summed E-state index contributed by atoms with van der Waals surface area (Å²) >= 11 is 0. The summed E-state index contributed by atoms with van der Waals surface area (Å²) < 4.78 is 0. The predicted molar refractivity (Wildman–Crippen MR) is 79.2 cm³/mol. The van der Waals surface area contributed by atoms with Crippen LogP contribution >= 0.6 is 0 Å². The molecule has 0 amide bonds. The Morgan fingerprint density at radius 2 is 1.72 bits per heavy atom. The Morgan fingerprint density at radius 1 is 1.11 bits per heavy atom. The molecule has 1 heterocycles. The van der Waals surface area contributed by atoms with Crippen LogP contribution in [0.2, 0.25) is 0 Å². The third kappa shape index (κ3) is 5.65. The Hall–Kier alpha value is -0.160. The van der Waals surface area contributed by atoms with E-state index in [0.717, 1.165) is 0 Å². The van der Waals surface area contributed by atoms with E-state index in [0.29, 0.717) is 12.1 Å². The lowest BCUT2D eigenvalue weighted by Gasteiger charge is -2.39. The van der Waals surface area contributed by atoms with Crippen molar-refractivity contribution in [2.45, 2.75) is 32.4 Å². The Bertz CT molecular complexity index is 212. The van der Waals surface area contributed by atoms with Crippen molar-refractivity contribution in [2.24, 2.45) is 0 Å². The quantitative estimate of drug-likeness (QED) is 0.718. The molecule has 2 unspecified atom stereocenters. The fourth-order valence-electron chi connectivity index (χ4n) is 2.55. The number of piperazine rings is 1. The van der Waals surface area contributed by atoms with Crippen molar-refractivity contribution in [3.8, 4) is 0 Å². The lowest BCUT2D eigenvalue weighted by Crippen LogP contribution is -2.51. The monoisotopic (exact) mass is 256 g/mol. The van der Waals surface area contributed by atoms with E-state index in [-0.39, 0.29) is 0 Å². The minimum absolute atomic E-state index is 0.617. The van der Waals surface area contributed by atoms with Crippen molar-refractivity contribution in [2.75, 3.05) is 60.4 Å². The van der Waals surface area contributed by atoms with E-state index in [2.05, 4.69) is 55.0 Å². The van der Waals surface area contributed by atoms with E-state index >= 15 is 0 Å². The molecule has 0 aromatic carbocycles. The highest BCUT2D eigenvalue weighted by Gasteiger charge is 2.21. The maximum absolute atomic E-state index is 3.33. The average molecular weight is 256 g/mol. The van der Waals surface area contributed by atoms with Gasteiger partial charge >= 0.3 is 0 Å². The zero-order valence-electron chi connectivity index (χ0n) is 12.9. The van der Waals surface area contributed by atoms with Crippen molar-refractivity contribution < 1.29 is 0 Å². The zero-order chi connectivity index (χ0) is 13.5. The fourth-order valence-corrected chi connectivity index (χ4v) is 2.55. The molecule has 4 nitrogen and oxygen atoms in total. The van der Waals surface area contributed by atoms with Crippen molar-refractivity contribution in [1.82, 2.24) is 20.0 Å². The summed E-state index contributed by atoms with van der Waals surface area (Å²) in [4.78, 5) is 7.49. The van der Waals surface area contributed by atoms with Crippen molar-refractivity contribution in [3.05, 3.63) is 0 Å². The normalized spacial score (nSPS) is 22.3. The molecule has 1 N–H and O–H groups in total. The highest BCUT2D eigenvalue weighted by atomic mass is 15.3. The van der Waals surface area contributed by atoms with Gasteiger partial charge in [-0.1, -0.05) is 0 Å². The number of hydrogen-bond donors (Lipinski definition) is 1. The standard InChI is InChI=1S/C14H32N4/c1-13(15-3)12-14(2)18-10-8-17(9-11-18)7-6-16(4)5/h13-15H,6-12H2,1-5H3. The average Bonchev–Trinajstić information content (AvgIpc) is 2.36. The molecule has 0 aromatic rings. The first-order valence-corrected chi connectivity index (χ1v) is 7.31. The van der Waals surface area contributed by atoms with Gasteiger partial charge < -0.3 is 10.2 Å². The second-order valence-electron chi connectivity index (χ2n) is 5.96. The Kier molecular flexibility index (Phi) is 7.15. The van der Waals surface area contributed by atoms with E-state index in [1.165, 1.54) is 45.7 Å². The van der Waals surface area contributed by atoms with Crippen LogP contribution in [0.4, 0.5) is 0 Å². The molecule has 0 radical (unpaired) electrons. The Labute approximate surface area is 113 Å². The van der Waals surface area contributed by atoms with Crippen LogP contribution in [0.3, 0.4) is 0 Å². The predicted octanol–water partition coefficient (Wildman–Crippen LogP) is 0.552. The first-order valence-electron chi connectivity index (χ1n) is 7.31. The summed E-state index contributed by atoms with van der Waals surface area (Å²) in [5.41, 5.74) is 0. The molecule has 1 rings (SSSR count). The van der Waals surface area contributed by atoms with Gasteiger partial charge in [0.05, 0.1) is 0 Å². The summed E-state index contributed by atoms with van der Waals surface area (Å²) in [5.74, 6) is 0. The molecule has 18 heavy (non-hydrogen) atoms. The summed E-state index contributed by atoms with van der Waals surface area (Å²) in [5, 5.41) is 3.33.